The quantitative estimate of drug-likeness (QED) is 0.659. The van der Waals surface area contributed by atoms with Gasteiger partial charge in [0.1, 0.15) is 5.82 Å². The standard InChI is InChI=1S/C20H19BrFN/c21-14-5-3-11(4-6-14)20-19-13-2-1-12(9-13)18(19)16-8-7-15(22)10-17(16)23-20/h3-8,10,12-13,18-20,23H,1-2,9H2/t12-,13+,18-,19-,20+/m1/s1. The van der Waals surface area contributed by atoms with Gasteiger partial charge in [-0.2, -0.15) is 0 Å². The zero-order valence-corrected chi connectivity index (χ0v) is 14.4. The zero-order chi connectivity index (χ0) is 15.6. The smallest absolute Gasteiger partial charge is 0.125 e. The number of hydrogen-bond acceptors (Lipinski definition) is 1. The van der Waals surface area contributed by atoms with E-state index in [1.54, 1.807) is 12.1 Å². The van der Waals surface area contributed by atoms with E-state index in [-0.39, 0.29) is 5.82 Å². The van der Waals surface area contributed by atoms with Crippen molar-refractivity contribution in [1.82, 2.24) is 0 Å². The fourth-order valence-electron chi connectivity index (χ4n) is 5.46. The van der Waals surface area contributed by atoms with Gasteiger partial charge in [-0.15, -0.1) is 0 Å². The van der Waals surface area contributed by atoms with Crippen LogP contribution in [0.1, 0.15) is 42.3 Å². The molecule has 0 spiro atoms. The van der Waals surface area contributed by atoms with Gasteiger partial charge >= 0.3 is 0 Å². The van der Waals surface area contributed by atoms with Crippen molar-refractivity contribution in [3.8, 4) is 0 Å². The molecule has 2 aromatic carbocycles. The molecule has 3 heteroatoms. The maximum absolute atomic E-state index is 13.8. The Morgan fingerprint density at radius 3 is 2.61 bits per heavy atom. The van der Waals surface area contributed by atoms with Gasteiger partial charge in [0.15, 0.2) is 0 Å². The Hall–Kier alpha value is -1.35. The minimum Gasteiger partial charge on any atom is -0.378 e. The number of nitrogens with one attached hydrogen (secondary N) is 1. The summed E-state index contributed by atoms with van der Waals surface area (Å²) in [7, 11) is 0. The van der Waals surface area contributed by atoms with Crippen molar-refractivity contribution < 1.29 is 4.39 Å². The van der Waals surface area contributed by atoms with Crippen LogP contribution in [-0.2, 0) is 0 Å². The summed E-state index contributed by atoms with van der Waals surface area (Å²) in [6, 6.07) is 14.3. The van der Waals surface area contributed by atoms with Crippen LogP contribution in [0.4, 0.5) is 10.1 Å². The van der Waals surface area contributed by atoms with E-state index in [2.05, 4.69) is 45.5 Å². The largest absolute Gasteiger partial charge is 0.378 e. The van der Waals surface area contributed by atoms with Crippen LogP contribution >= 0.6 is 15.9 Å². The van der Waals surface area contributed by atoms with Crippen LogP contribution in [0.5, 0.6) is 0 Å². The van der Waals surface area contributed by atoms with Gasteiger partial charge in [0.05, 0.1) is 6.04 Å². The fourth-order valence-corrected chi connectivity index (χ4v) is 5.72. The first-order valence-corrected chi connectivity index (χ1v) is 9.31. The number of fused-ring (bicyclic) bond motifs is 7. The molecule has 0 aromatic heterocycles. The number of hydrogen-bond donors (Lipinski definition) is 1. The van der Waals surface area contributed by atoms with Crippen LogP contribution in [-0.4, -0.2) is 0 Å². The molecule has 1 N–H and O–H groups in total. The summed E-state index contributed by atoms with van der Waals surface area (Å²) in [5.41, 5.74) is 3.68. The Balaban J connectivity index is 1.63. The average Bonchev–Trinajstić information content (AvgIpc) is 3.16. The number of benzene rings is 2. The second-order valence-corrected chi connectivity index (χ2v) is 8.26. The number of halogens is 2. The third-order valence-electron chi connectivity index (χ3n) is 6.28. The molecule has 23 heavy (non-hydrogen) atoms. The highest BCUT2D eigenvalue weighted by molar-refractivity contribution is 9.10. The lowest BCUT2D eigenvalue weighted by molar-refractivity contribution is 0.247. The van der Waals surface area contributed by atoms with Crippen LogP contribution < -0.4 is 5.32 Å². The summed E-state index contributed by atoms with van der Waals surface area (Å²) >= 11 is 3.52. The minimum absolute atomic E-state index is 0.146. The van der Waals surface area contributed by atoms with Crippen molar-refractivity contribution in [1.29, 1.82) is 0 Å². The topological polar surface area (TPSA) is 12.0 Å². The molecule has 2 aliphatic carbocycles. The molecule has 5 rings (SSSR count). The lowest BCUT2D eigenvalue weighted by Crippen LogP contribution is -2.35. The number of anilines is 1. The Bertz CT molecular complexity index is 757. The van der Waals surface area contributed by atoms with Gasteiger partial charge in [-0.1, -0.05) is 34.1 Å². The molecule has 5 atom stereocenters. The molecule has 1 heterocycles. The van der Waals surface area contributed by atoms with E-state index in [1.807, 2.05) is 6.07 Å². The predicted molar refractivity (Wildman–Crippen MR) is 94.0 cm³/mol. The van der Waals surface area contributed by atoms with Gasteiger partial charge in [0.25, 0.3) is 0 Å². The van der Waals surface area contributed by atoms with E-state index < -0.39 is 0 Å². The highest BCUT2D eigenvalue weighted by Gasteiger charge is 2.53. The molecule has 2 fully saturated rings. The molecule has 0 amide bonds. The minimum atomic E-state index is -0.146. The summed E-state index contributed by atoms with van der Waals surface area (Å²) in [5.74, 6) is 2.69. The Morgan fingerprint density at radius 2 is 1.78 bits per heavy atom. The average molecular weight is 372 g/mol. The van der Waals surface area contributed by atoms with Gasteiger partial charge in [-0.25, -0.2) is 4.39 Å². The van der Waals surface area contributed by atoms with Crippen LogP contribution in [0.2, 0.25) is 0 Å². The first kappa shape index (κ1) is 14.0. The van der Waals surface area contributed by atoms with Crippen molar-refractivity contribution in [3.05, 3.63) is 63.9 Å². The molecule has 118 valence electrons. The van der Waals surface area contributed by atoms with Gasteiger partial charge in [0.2, 0.25) is 0 Å². The molecule has 1 aliphatic heterocycles. The van der Waals surface area contributed by atoms with E-state index in [0.29, 0.717) is 17.9 Å². The summed E-state index contributed by atoms with van der Waals surface area (Å²) < 4.78 is 14.9. The highest BCUT2D eigenvalue weighted by atomic mass is 79.9. The molecule has 2 bridgehead atoms. The maximum Gasteiger partial charge on any atom is 0.125 e. The van der Waals surface area contributed by atoms with E-state index >= 15 is 0 Å². The Kier molecular flexibility index (Phi) is 3.09. The van der Waals surface area contributed by atoms with Crippen LogP contribution in [0, 0.1) is 23.6 Å². The molecule has 0 unspecified atom stereocenters. The molecular formula is C20H19BrFN. The number of rotatable bonds is 1. The van der Waals surface area contributed by atoms with Gasteiger partial charge < -0.3 is 5.32 Å². The van der Waals surface area contributed by atoms with Gasteiger partial charge in [-0.05, 0) is 78.3 Å². The normalized spacial score (nSPS) is 33.9. The summed E-state index contributed by atoms with van der Waals surface area (Å²) in [4.78, 5) is 0. The molecule has 1 nitrogen and oxygen atoms in total. The van der Waals surface area contributed by atoms with Gasteiger partial charge in [0, 0.05) is 10.2 Å². The second kappa shape index (κ2) is 5.07. The second-order valence-electron chi connectivity index (χ2n) is 7.34. The van der Waals surface area contributed by atoms with Crippen molar-refractivity contribution in [2.75, 3.05) is 5.32 Å². The van der Waals surface area contributed by atoms with E-state index in [4.69, 9.17) is 0 Å². The van der Waals surface area contributed by atoms with E-state index in [9.17, 15) is 4.39 Å². The molecule has 0 saturated heterocycles. The first-order chi connectivity index (χ1) is 11.2. The summed E-state index contributed by atoms with van der Waals surface area (Å²) in [6.45, 7) is 0. The first-order valence-electron chi connectivity index (χ1n) is 8.52. The SMILES string of the molecule is Fc1ccc2c(c1)N[C@@H](c1ccc(Br)cc1)[C@@H]1[C@H]3CC[C@H](C3)[C@H]21. The molecule has 3 aliphatic rings. The van der Waals surface area contributed by atoms with Crippen molar-refractivity contribution in [2.24, 2.45) is 17.8 Å². The van der Waals surface area contributed by atoms with Crippen molar-refractivity contribution >= 4 is 21.6 Å². The monoisotopic (exact) mass is 371 g/mol. The Morgan fingerprint density at radius 1 is 1.00 bits per heavy atom. The highest BCUT2D eigenvalue weighted by Crippen LogP contribution is 2.63. The third-order valence-corrected chi connectivity index (χ3v) is 6.81. The summed E-state index contributed by atoms with van der Waals surface area (Å²) in [6.07, 6.45) is 4.05. The van der Waals surface area contributed by atoms with E-state index in [0.717, 1.165) is 22.0 Å². The van der Waals surface area contributed by atoms with Crippen LogP contribution in [0.25, 0.3) is 0 Å². The molecule has 2 aromatic rings. The lowest BCUT2D eigenvalue weighted by Gasteiger charge is -2.43. The molecular weight excluding hydrogens is 353 g/mol. The molecule has 2 saturated carbocycles. The van der Waals surface area contributed by atoms with Gasteiger partial charge in [-0.3, -0.25) is 0 Å². The van der Waals surface area contributed by atoms with E-state index in [1.165, 1.54) is 30.4 Å². The fraction of sp³-hybridized carbons (Fsp3) is 0.400. The van der Waals surface area contributed by atoms with Crippen molar-refractivity contribution in [3.63, 3.8) is 0 Å². The predicted octanol–water partition coefficient (Wildman–Crippen LogP) is 5.88. The zero-order valence-electron chi connectivity index (χ0n) is 12.8. The molecule has 0 radical (unpaired) electrons. The van der Waals surface area contributed by atoms with Crippen LogP contribution in [0.15, 0.2) is 46.9 Å². The third kappa shape index (κ3) is 2.09. The van der Waals surface area contributed by atoms with Crippen LogP contribution in [0.3, 0.4) is 0 Å². The lowest BCUT2D eigenvalue weighted by atomic mass is 9.68. The Labute approximate surface area is 144 Å². The maximum atomic E-state index is 13.8. The van der Waals surface area contributed by atoms with Crippen molar-refractivity contribution in [2.45, 2.75) is 31.2 Å². The summed E-state index contributed by atoms with van der Waals surface area (Å²) in [5, 5.41) is 3.67.